The molecule has 0 saturated carbocycles. The summed E-state index contributed by atoms with van der Waals surface area (Å²) in [6.07, 6.45) is 1.95. The first-order valence-corrected chi connectivity index (χ1v) is 7.85. The predicted octanol–water partition coefficient (Wildman–Crippen LogP) is 3.00. The number of benzene rings is 1. The summed E-state index contributed by atoms with van der Waals surface area (Å²) in [5.41, 5.74) is 1.11. The average molecular weight is 304 g/mol. The maximum absolute atomic E-state index is 12.0. The van der Waals surface area contributed by atoms with Gasteiger partial charge in [0.05, 0.1) is 18.9 Å². The highest BCUT2D eigenvalue weighted by atomic mass is 16.6. The van der Waals surface area contributed by atoms with E-state index in [0.717, 1.165) is 5.56 Å². The second kappa shape index (κ2) is 7.43. The standard InChI is InChI=1S/C18H24O4/c1-12(2)16-15(18(20)22-16)10-9-14(17(19)21-3)11-13-7-5-4-6-8-13/h4-8,12,14-16H,9-11H2,1-3H3. The minimum Gasteiger partial charge on any atom is -0.469 e. The fourth-order valence-corrected chi connectivity index (χ4v) is 3.00. The van der Waals surface area contributed by atoms with Crippen LogP contribution in [0.25, 0.3) is 0 Å². The van der Waals surface area contributed by atoms with Crippen molar-refractivity contribution >= 4 is 11.9 Å². The molecule has 3 atom stereocenters. The molecule has 4 heteroatoms. The summed E-state index contributed by atoms with van der Waals surface area (Å²) in [5, 5.41) is 0. The largest absolute Gasteiger partial charge is 0.469 e. The lowest BCUT2D eigenvalue weighted by molar-refractivity contribution is -0.191. The van der Waals surface area contributed by atoms with Crippen LogP contribution >= 0.6 is 0 Å². The van der Waals surface area contributed by atoms with Gasteiger partial charge in [0.25, 0.3) is 0 Å². The van der Waals surface area contributed by atoms with E-state index in [-0.39, 0.29) is 29.9 Å². The van der Waals surface area contributed by atoms with Crippen molar-refractivity contribution in [3.63, 3.8) is 0 Å². The number of hydrogen-bond donors (Lipinski definition) is 0. The number of carbonyl (C=O) groups is 2. The summed E-state index contributed by atoms with van der Waals surface area (Å²) in [7, 11) is 1.41. The Morgan fingerprint density at radius 3 is 2.50 bits per heavy atom. The molecule has 3 unspecified atom stereocenters. The zero-order chi connectivity index (χ0) is 16.1. The predicted molar refractivity (Wildman–Crippen MR) is 83.1 cm³/mol. The Hall–Kier alpha value is -1.84. The van der Waals surface area contributed by atoms with Gasteiger partial charge in [0, 0.05) is 0 Å². The molecular weight excluding hydrogens is 280 g/mol. The van der Waals surface area contributed by atoms with Crippen LogP contribution in [0.15, 0.2) is 30.3 Å². The van der Waals surface area contributed by atoms with Gasteiger partial charge >= 0.3 is 11.9 Å². The molecule has 1 heterocycles. The van der Waals surface area contributed by atoms with E-state index in [1.54, 1.807) is 0 Å². The third kappa shape index (κ3) is 3.87. The zero-order valence-corrected chi connectivity index (χ0v) is 13.5. The molecule has 1 aliphatic heterocycles. The number of methoxy groups -OCH3 is 1. The molecular formula is C18H24O4. The van der Waals surface area contributed by atoms with Gasteiger partial charge in [-0.25, -0.2) is 0 Å². The van der Waals surface area contributed by atoms with Crippen LogP contribution in [0.1, 0.15) is 32.3 Å². The Morgan fingerprint density at radius 2 is 1.95 bits per heavy atom. The molecule has 0 N–H and O–H groups in total. The molecule has 2 rings (SSSR count). The molecule has 0 bridgehead atoms. The first-order chi connectivity index (χ1) is 10.5. The van der Waals surface area contributed by atoms with Crippen molar-refractivity contribution in [2.75, 3.05) is 7.11 Å². The maximum atomic E-state index is 12.0. The van der Waals surface area contributed by atoms with Gasteiger partial charge in [-0.3, -0.25) is 9.59 Å². The summed E-state index contributed by atoms with van der Waals surface area (Å²) in [5.74, 6) is -0.329. The molecule has 120 valence electrons. The van der Waals surface area contributed by atoms with Gasteiger partial charge in [0.2, 0.25) is 0 Å². The van der Waals surface area contributed by atoms with Crippen LogP contribution in [0.4, 0.5) is 0 Å². The van der Waals surface area contributed by atoms with E-state index in [9.17, 15) is 9.59 Å². The van der Waals surface area contributed by atoms with Gasteiger partial charge in [0.1, 0.15) is 6.10 Å². The smallest absolute Gasteiger partial charge is 0.313 e. The number of esters is 2. The van der Waals surface area contributed by atoms with Gasteiger partial charge in [0.15, 0.2) is 0 Å². The van der Waals surface area contributed by atoms with Crippen LogP contribution in [0.2, 0.25) is 0 Å². The Kier molecular flexibility index (Phi) is 5.58. The summed E-state index contributed by atoms with van der Waals surface area (Å²) >= 11 is 0. The van der Waals surface area contributed by atoms with E-state index < -0.39 is 0 Å². The number of rotatable bonds is 7. The molecule has 1 fully saturated rings. The van der Waals surface area contributed by atoms with Crippen molar-refractivity contribution in [1.82, 2.24) is 0 Å². The van der Waals surface area contributed by atoms with Gasteiger partial charge < -0.3 is 9.47 Å². The molecule has 4 nitrogen and oxygen atoms in total. The number of carbonyl (C=O) groups excluding carboxylic acids is 2. The second-order valence-corrected chi connectivity index (χ2v) is 6.24. The van der Waals surface area contributed by atoms with Crippen molar-refractivity contribution in [2.24, 2.45) is 17.8 Å². The molecule has 0 spiro atoms. The second-order valence-electron chi connectivity index (χ2n) is 6.24. The highest BCUT2D eigenvalue weighted by molar-refractivity contribution is 5.78. The number of ether oxygens (including phenoxy) is 2. The van der Waals surface area contributed by atoms with Crippen molar-refractivity contribution in [3.8, 4) is 0 Å². The minimum atomic E-state index is -0.214. The Balaban J connectivity index is 1.95. The third-order valence-corrected chi connectivity index (χ3v) is 4.29. The minimum absolute atomic E-state index is 0.0116. The van der Waals surface area contributed by atoms with Crippen LogP contribution in [0, 0.1) is 17.8 Å². The van der Waals surface area contributed by atoms with E-state index in [0.29, 0.717) is 25.2 Å². The fraction of sp³-hybridized carbons (Fsp3) is 0.556. The van der Waals surface area contributed by atoms with Crippen LogP contribution in [0.5, 0.6) is 0 Å². The molecule has 22 heavy (non-hydrogen) atoms. The zero-order valence-electron chi connectivity index (χ0n) is 13.5. The molecule has 0 amide bonds. The first-order valence-electron chi connectivity index (χ1n) is 7.85. The number of hydrogen-bond acceptors (Lipinski definition) is 4. The molecule has 1 saturated heterocycles. The monoisotopic (exact) mass is 304 g/mol. The lowest BCUT2D eigenvalue weighted by Crippen LogP contribution is -2.48. The average Bonchev–Trinajstić information content (AvgIpc) is 2.51. The lowest BCUT2D eigenvalue weighted by atomic mass is 9.82. The molecule has 1 aliphatic rings. The maximum Gasteiger partial charge on any atom is 0.313 e. The summed E-state index contributed by atoms with van der Waals surface area (Å²) in [6.45, 7) is 4.09. The highest BCUT2D eigenvalue weighted by Crippen LogP contribution is 2.33. The molecule has 0 aliphatic carbocycles. The van der Waals surface area contributed by atoms with Crippen LogP contribution in [0.3, 0.4) is 0 Å². The quantitative estimate of drug-likeness (QED) is 0.727. The van der Waals surface area contributed by atoms with Crippen LogP contribution in [-0.2, 0) is 25.5 Å². The van der Waals surface area contributed by atoms with Crippen molar-refractivity contribution in [1.29, 1.82) is 0 Å². The van der Waals surface area contributed by atoms with Crippen molar-refractivity contribution in [3.05, 3.63) is 35.9 Å². The Morgan fingerprint density at radius 1 is 1.27 bits per heavy atom. The first kappa shape index (κ1) is 16.5. The van der Waals surface area contributed by atoms with E-state index in [4.69, 9.17) is 9.47 Å². The normalized spacial score (nSPS) is 21.9. The van der Waals surface area contributed by atoms with Crippen molar-refractivity contribution < 1.29 is 19.1 Å². The van der Waals surface area contributed by atoms with E-state index in [1.807, 2.05) is 44.2 Å². The Bertz CT molecular complexity index is 509. The fourth-order valence-electron chi connectivity index (χ4n) is 3.00. The molecule has 1 aromatic carbocycles. The van der Waals surface area contributed by atoms with E-state index in [1.165, 1.54) is 7.11 Å². The third-order valence-electron chi connectivity index (χ3n) is 4.29. The summed E-state index contributed by atoms with van der Waals surface area (Å²) < 4.78 is 10.1. The highest BCUT2D eigenvalue weighted by Gasteiger charge is 2.44. The van der Waals surface area contributed by atoms with Gasteiger partial charge in [-0.15, -0.1) is 0 Å². The van der Waals surface area contributed by atoms with Gasteiger partial charge in [-0.2, -0.15) is 0 Å². The molecule has 0 radical (unpaired) electrons. The van der Waals surface area contributed by atoms with Gasteiger partial charge in [-0.1, -0.05) is 44.2 Å². The lowest BCUT2D eigenvalue weighted by Gasteiger charge is -2.38. The van der Waals surface area contributed by atoms with E-state index >= 15 is 0 Å². The summed E-state index contributed by atoms with van der Waals surface area (Å²) in [6, 6.07) is 9.88. The topological polar surface area (TPSA) is 52.6 Å². The Labute approximate surface area is 131 Å². The van der Waals surface area contributed by atoms with Gasteiger partial charge in [-0.05, 0) is 30.7 Å². The molecule has 0 aromatic heterocycles. The van der Waals surface area contributed by atoms with E-state index in [2.05, 4.69) is 0 Å². The summed E-state index contributed by atoms with van der Waals surface area (Å²) in [4.78, 5) is 23.6. The SMILES string of the molecule is COC(=O)C(CCC1C(=O)OC1C(C)C)Cc1ccccc1. The van der Waals surface area contributed by atoms with Crippen LogP contribution < -0.4 is 0 Å². The number of cyclic esters (lactones) is 1. The molecule has 1 aromatic rings. The van der Waals surface area contributed by atoms with Crippen molar-refractivity contribution in [2.45, 2.75) is 39.2 Å². The van der Waals surface area contributed by atoms with Crippen LogP contribution in [-0.4, -0.2) is 25.2 Å².